The van der Waals surface area contributed by atoms with Crippen LogP contribution in [0.25, 0.3) is 0 Å². The number of thiophene rings is 1. The Bertz CT molecular complexity index is 444. The third kappa shape index (κ3) is 4.34. The lowest BCUT2D eigenvalue weighted by molar-refractivity contribution is -0.143. The quantitative estimate of drug-likeness (QED) is 0.821. The molecule has 0 radical (unpaired) electrons. The maximum Gasteiger partial charge on any atom is 0.308 e. The first-order chi connectivity index (χ1) is 9.66. The topological polar surface area (TPSA) is 66.4 Å². The molecule has 0 spiro atoms. The van der Waals surface area contributed by atoms with Crippen LogP contribution >= 0.6 is 11.3 Å². The second-order valence-corrected chi connectivity index (χ2v) is 6.17. The van der Waals surface area contributed by atoms with E-state index in [1.54, 1.807) is 11.3 Å². The fourth-order valence-electron chi connectivity index (χ4n) is 2.75. The summed E-state index contributed by atoms with van der Waals surface area (Å²) >= 11 is 1.62. The maximum atomic E-state index is 12.0. The summed E-state index contributed by atoms with van der Waals surface area (Å²) in [6, 6.07) is 1.81. The van der Waals surface area contributed by atoms with E-state index in [-0.39, 0.29) is 11.9 Å². The molecule has 1 aliphatic carbocycles. The van der Waals surface area contributed by atoms with Crippen molar-refractivity contribution in [3.8, 4) is 0 Å². The number of amides is 1. The van der Waals surface area contributed by atoms with Crippen molar-refractivity contribution < 1.29 is 14.7 Å². The Hall–Kier alpha value is -1.36. The Kier molecular flexibility index (Phi) is 5.59. The lowest BCUT2D eigenvalue weighted by Gasteiger charge is -2.22. The third-order valence-corrected chi connectivity index (χ3v) is 4.63. The first-order valence-corrected chi connectivity index (χ1v) is 8.14. The molecular formula is C15H21NO3S. The normalized spacial score (nSPS) is 23.0. The van der Waals surface area contributed by atoms with Crippen LogP contribution in [-0.4, -0.2) is 23.0 Å². The number of rotatable bonds is 5. The highest BCUT2D eigenvalue weighted by atomic mass is 32.1. The second-order valence-electron chi connectivity index (χ2n) is 5.39. The molecule has 1 amide bonds. The molecular weight excluding hydrogens is 274 g/mol. The molecule has 20 heavy (non-hydrogen) atoms. The molecule has 1 heterocycles. The molecule has 1 fully saturated rings. The Morgan fingerprint density at radius 3 is 2.80 bits per heavy atom. The Morgan fingerprint density at radius 1 is 1.30 bits per heavy atom. The number of carboxylic acids is 1. The van der Waals surface area contributed by atoms with Gasteiger partial charge in [-0.05, 0) is 41.7 Å². The van der Waals surface area contributed by atoms with Crippen LogP contribution in [0, 0.1) is 5.92 Å². The third-order valence-electron chi connectivity index (χ3n) is 3.90. The van der Waals surface area contributed by atoms with Crippen molar-refractivity contribution in [1.82, 2.24) is 5.32 Å². The van der Waals surface area contributed by atoms with Crippen molar-refractivity contribution in [2.45, 2.75) is 51.0 Å². The van der Waals surface area contributed by atoms with Gasteiger partial charge in [0.2, 0.25) is 5.91 Å². The number of carboxylic acid groups (broad SMARTS) is 1. The van der Waals surface area contributed by atoms with Gasteiger partial charge in [-0.1, -0.05) is 19.3 Å². The van der Waals surface area contributed by atoms with Crippen LogP contribution in [0.4, 0.5) is 0 Å². The first kappa shape index (κ1) is 15.0. The number of hydrogen-bond acceptors (Lipinski definition) is 3. The molecule has 2 rings (SSSR count). The van der Waals surface area contributed by atoms with Gasteiger partial charge >= 0.3 is 5.97 Å². The van der Waals surface area contributed by atoms with E-state index in [1.165, 1.54) is 5.56 Å². The highest BCUT2D eigenvalue weighted by molar-refractivity contribution is 7.07. The summed E-state index contributed by atoms with van der Waals surface area (Å²) in [5.74, 6) is -1.24. The molecule has 0 aliphatic heterocycles. The molecule has 2 N–H and O–H groups in total. The zero-order valence-electron chi connectivity index (χ0n) is 11.5. The fraction of sp³-hybridized carbons (Fsp3) is 0.600. The van der Waals surface area contributed by atoms with Crippen LogP contribution in [0.1, 0.15) is 44.1 Å². The predicted molar refractivity (Wildman–Crippen MR) is 78.8 cm³/mol. The van der Waals surface area contributed by atoms with E-state index < -0.39 is 11.9 Å². The molecule has 1 saturated carbocycles. The van der Waals surface area contributed by atoms with E-state index in [2.05, 4.69) is 5.32 Å². The van der Waals surface area contributed by atoms with Gasteiger partial charge in [0.05, 0.1) is 5.92 Å². The van der Waals surface area contributed by atoms with Gasteiger partial charge in [-0.3, -0.25) is 9.59 Å². The van der Waals surface area contributed by atoms with Gasteiger partial charge in [0.25, 0.3) is 0 Å². The highest BCUT2D eigenvalue weighted by Gasteiger charge is 2.30. The zero-order chi connectivity index (χ0) is 14.4. The molecule has 0 aromatic carbocycles. The molecule has 2 atom stereocenters. The molecule has 5 heteroatoms. The molecule has 110 valence electrons. The maximum absolute atomic E-state index is 12.0. The minimum atomic E-state index is -0.782. The van der Waals surface area contributed by atoms with Crippen molar-refractivity contribution in [1.29, 1.82) is 0 Å². The van der Waals surface area contributed by atoms with Crippen LogP contribution in [-0.2, 0) is 16.0 Å². The van der Waals surface area contributed by atoms with E-state index >= 15 is 0 Å². The SMILES string of the molecule is O=C(CCc1ccsc1)NC1CCCCCC1C(=O)O. The van der Waals surface area contributed by atoms with E-state index in [0.717, 1.165) is 32.1 Å². The van der Waals surface area contributed by atoms with Gasteiger partial charge < -0.3 is 10.4 Å². The number of aryl methyl sites for hydroxylation is 1. The number of nitrogens with one attached hydrogen (secondary N) is 1. The molecule has 2 unspecified atom stereocenters. The van der Waals surface area contributed by atoms with Crippen molar-refractivity contribution in [2.24, 2.45) is 5.92 Å². The molecule has 1 aromatic rings. The van der Waals surface area contributed by atoms with Gasteiger partial charge in [0, 0.05) is 12.5 Å². The summed E-state index contributed by atoms with van der Waals surface area (Å²) < 4.78 is 0. The number of aliphatic carboxylic acids is 1. The van der Waals surface area contributed by atoms with Gasteiger partial charge in [-0.15, -0.1) is 0 Å². The van der Waals surface area contributed by atoms with Crippen LogP contribution in [0.2, 0.25) is 0 Å². The Balaban J connectivity index is 1.85. The van der Waals surface area contributed by atoms with Gasteiger partial charge in [0.1, 0.15) is 0 Å². The number of carbonyl (C=O) groups excluding carboxylic acids is 1. The fourth-order valence-corrected chi connectivity index (χ4v) is 3.45. The standard InChI is InChI=1S/C15H21NO3S/c17-14(7-6-11-8-9-20-10-11)16-13-5-3-1-2-4-12(13)15(18)19/h8-10,12-13H,1-7H2,(H,16,17)(H,18,19). The van der Waals surface area contributed by atoms with E-state index in [1.807, 2.05) is 16.8 Å². The summed E-state index contributed by atoms with van der Waals surface area (Å²) in [6.07, 6.45) is 5.61. The molecule has 0 saturated heterocycles. The minimum Gasteiger partial charge on any atom is -0.481 e. The van der Waals surface area contributed by atoms with Crippen molar-refractivity contribution in [2.75, 3.05) is 0 Å². The van der Waals surface area contributed by atoms with Crippen LogP contribution < -0.4 is 5.32 Å². The molecule has 1 aliphatic rings. The Labute approximate surface area is 123 Å². The average molecular weight is 295 g/mol. The molecule has 4 nitrogen and oxygen atoms in total. The Morgan fingerprint density at radius 2 is 2.10 bits per heavy atom. The van der Waals surface area contributed by atoms with E-state index in [4.69, 9.17) is 0 Å². The van der Waals surface area contributed by atoms with Crippen LogP contribution in [0.5, 0.6) is 0 Å². The lowest BCUT2D eigenvalue weighted by atomic mass is 9.94. The number of carbonyl (C=O) groups is 2. The van der Waals surface area contributed by atoms with Gasteiger partial charge in [0.15, 0.2) is 0 Å². The van der Waals surface area contributed by atoms with Gasteiger partial charge in [-0.25, -0.2) is 0 Å². The lowest BCUT2D eigenvalue weighted by Crippen LogP contribution is -2.42. The summed E-state index contributed by atoms with van der Waals surface area (Å²) in [6.45, 7) is 0. The molecule has 0 bridgehead atoms. The largest absolute Gasteiger partial charge is 0.481 e. The smallest absolute Gasteiger partial charge is 0.308 e. The summed E-state index contributed by atoms with van der Waals surface area (Å²) in [5.41, 5.74) is 1.17. The van der Waals surface area contributed by atoms with Crippen molar-refractivity contribution in [3.05, 3.63) is 22.4 Å². The van der Waals surface area contributed by atoms with Gasteiger partial charge in [-0.2, -0.15) is 11.3 Å². The van der Waals surface area contributed by atoms with Crippen LogP contribution in [0.15, 0.2) is 16.8 Å². The summed E-state index contributed by atoms with van der Waals surface area (Å²) in [7, 11) is 0. The molecule has 1 aromatic heterocycles. The predicted octanol–water partition coefficient (Wildman–Crippen LogP) is 2.83. The summed E-state index contributed by atoms with van der Waals surface area (Å²) in [4.78, 5) is 23.3. The van der Waals surface area contributed by atoms with Crippen molar-refractivity contribution >= 4 is 23.2 Å². The van der Waals surface area contributed by atoms with Crippen molar-refractivity contribution in [3.63, 3.8) is 0 Å². The highest BCUT2D eigenvalue weighted by Crippen LogP contribution is 2.24. The monoisotopic (exact) mass is 295 g/mol. The number of hydrogen-bond donors (Lipinski definition) is 2. The summed E-state index contributed by atoms with van der Waals surface area (Å²) in [5, 5.41) is 16.3. The average Bonchev–Trinajstić information content (AvgIpc) is 2.82. The minimum absolute atomic E-state index is 0.0330. The zero-order valence-corrected chi connectivity index (χ0v) is 12.3. The second kappa shape index (κ2) is 7.43. The van der Waals surface area contributed by atoms with E-state index in [0.29, 0.717) is 12.8 Å². The van der Waals surface area contributed by atoms with E-state index in [9.17, 15) is 14.7 Å². The van der Waals surface area contributed by atoms with Crippen LogP contribution in [0.3, 0.4) is 0 Å². The first-order valence-electron chi connectivity index (χ1n) is 7.20.